The van der Waals surface area contributed by atoms with Crippen molar-refractivity contribution in [2.24, 2.45) is 17.8 Å². The molecule has 3 heteroatoms. The predicted octanol–water partition coefficient (Wildman–Crippen LogP) is 4.27. The van der Waals surface area contributed by atoms with Gasteiger partial charge in [0.05, 0.1) is 0 Å². The summed E-state index contributed by atoms with van der Waals surface area (Å²) >= 11 is 0. The van der Waals surface area contributed by atoms with Crippen LogP contribution in [0.25, 0.3) is 0 Å². The van der Waals surface area contributed by atoms with Crippen molar-refractivity contribution in [2.45, 2.75) is 46.1 Å². The van der Waals surface area contributed by atoms with Crippen molar-refractivity contribution in [1.82, 2.24) is 5.32 Å². The molecular weight excluding hydrogens is 248 g/mol. The van der Waals surface area contributed by atoms with Gasteiger partial charge in [0.2, 0.25) is 0 Å². The van der Waals surface area contributed by atoms with Crippen LogP contribution in [0, 0.1) is 17.8 Å². The van der Waals surface area contributed by atoms with E-state index in [0.29, 0.717) is 23.8 Å². The number of nitrogens with one attached hydrogen (secondary N) is 2. The van der Waals surface area contributed by atoms with Crippen molar-refractivity contribution in [1.29, 1.82) is 0 Å². The normalized spacial score (nSPS) is 26.3. The highest BCUT2D eigenvalue weighted by molar-refractivity contribution is 5.89. The van der Waals surface area contributed by atoms with Gasteiger partial charge in [0.15, 0.2) is 0 Å². The Hall–Kier alpha value is -1.51. The molecular formula is C17H26N2O. The fourth-order valence-electron chi connectivity index (χ4n) is 3.23. The highest BCUT2D eigenvalue weighted by atomic mass is 16.2. The molecule has 0 heterocycles. The lowest BCUT2D eigenvalue weighted by Gasteiger charge is -2.37. The van der Waals surface area contributed by atoms with Crippen molar-refractivity contribution in [3.05, 3.63) is 30.3 Å². The van der Waals surface area contributed by atoms with Crippen LogP contribution in [-0.4, -0.2) is 12.1 Å². The van der Waals surface area contributed by atoms with Gasteiger partial charge in [-0.05, 0) is 42.7 Å². The second-order valence-corrected chi connectivity index (χ2v) is 6.40. The van der Waals surface area contributed by atoms with Gasteiger partial charge in [0.25, 0.3) is 0 Å². The van der Waals surface area contributed by atoms with Gasteiger partial charge in [-0.25, -0.2) is 4.79 Å². The third-order valence-corrected chi connectivity index (χ3v) is 4.37. The summed E-state index contributed by atoms with van der Waals surface area (Å²) in [6, 6.07) is 9.82. The summed E-state index contributed by atoms with van der Waals surface area (Å²) in [7, 11) is 0. The summed E-state index contributed by atoms with van der Waals surface area (Å²) < 4.78 is 0. The molecule has 0 bridgehead atoms. The van der Waals surface area contributed by atoms with Gasteiger partial charge in [0, 0.05) is 11.7 Å². The van der Waals surface area contributed by atoms with Gasteiger partial charge in [-0.15, -0.1) is 0 Å². The van der Waals surface area contributed by atoms with E-state index in [0.717, 1.165) is 12.1 Å². The number of urea groups is 1. The summed E-state index contributed by atoms with van der Waals surface area (Å²) in [6.45, 7) is 6.79. The van der Waals surface area contributed by atoms with Gasteiger partial charge in [-0.1, -0.05) is 45.4 Å². The SMILES string of the molecule is CC1CCC(C(C)C)C(NC(=O)Nc2ccccc2)C1. The molecule has 0 saturated heterocycles. The van der Waals surface area contributed by atoms with E-state index < -0.39 is 0 Å². The first-order valence-electron chi connectivity index (χ1n) is 7.69. The molecule has 0 spiro atoms. The molecule has 3 unspecified atom stereocenters. The van der Waals surface area contributed by atoms with E-state index in [1.807, 2.05) is 30.3 Å². The second-order valence-electron chi connectivity index (χ2n) is 6.40. The summed E-state index contributed by atoms with van der Waals surface area (Å²) in [6.07, 6.45) is 3.58. The molecule has 1 aliphatic rings. The van der Waals surface area contributed by atoms with Crippen LogP contribution in [0.1, 0.15) is 40.0 Å². The topological polar surface area (TPSA) is 41.1 Å². The van der Waals surface area contributed by atoms with Gasteiger partial charge in [-0.2, -0.15) is 0 Å². The van der Waals surface area contributed by atoms with E-state index in [9.17, 15) is 4.79 Å². The zero-order valence-corrected chi connectivity index (χ0v) is 12.7. The van der Waals surface area contributed by atoms with E-state index in [2.05, 4.69) is 31.4 Å². The molecule has 2 N–H and O–H groups in total. The van der Waals surface area contributed by atoms with E-state index in [1.165, 1.54) is 12.8 Å². The molecule has 1 fully saturated rings. The number of amides is 2. The maximum atomic E-state index is 12.1. The minimum Gasteiger partial charge on any atom is -0.335 e. The van der Waals surface area contributed by atoms with Crippen LogP contribution >= 0.6 is 0 Å². The minimum atomic E-state index is -0.0825. The highest BCUT2D eigenvalue weighted by Crippen LogP contribution is 2.33. The Labute approximate surface area is 122 Å². The Balaban J connectivity index is 1.94. The Morgan fingerprint density at radius 1 is 1.20 bits per heavy atom. The number of carbonyl (C=O) groups excluding carboxylic acids is 1. The fraction of sp³-hybridized carbons (Fsp3) is 0.588. The van der Waals surface area contributed by atoms with Gasteiger partial charge < -0.3 is 10.6 Å². The van der Waals surface area contributed by atoms with Crippen molar-refractivity contribution in [2.75, 3.05) is 5.32 Å². The van der Waals surface area contributed by atoms with E-state index in [1.54, 1.807) is 0 Å². The van der Waals surface area contributed by atoms with Crippen molar-refractivity contribution in [3.8, 4) is 0 Å². The van der Waals surface area contributed by atoms with Crippen molar-refractivity contribution >= 4 is 11.7 Å². The summed E-state index contributed by atoms with van der Waals surface area (Å²) in [5.74, 6) is 1.91. The maximum Gasteiger partial charge on any atom is 0.319 e. The number of para-hydroxylation sites is 1. The monoisotopic (exact) mass is 274 g/mol. The fourth-order valence-corrected chi connectivity index (χ4v) is 3.23. The van der Waals surface area contributed by atoms with Crippen molar-refractivity contribution < 1.29 is 4.79 Å². The van der Waals surface area contributed by atoms with E-state index in [4.69, 9.17) is 0 Å². The van der Waals surface area contributed by atoms with Gasteiger partial charge in [-0.3, -0.25) is 0 Å². The lowest BCUT2D eigenvalue weighted by molar-refractivity contribution is 0.172. The Bertz CT molecular complexity index is 430. The summed E-state index contributed by atoms with van der Waals surface area (Å²) in [5.41, 5.74) is 0.843. The van der Waals surface area contributed by atoms with Crippen LogP contribution in [0.15, 0.2) is 30.3 Å². The molecule has 1 aromatic carbocycles. The van der Waals surface area contributed by atoms with Crippen LogP contribution in [0.4, 0.5) is 10.5 Å². The zero-order chi connectivity index (χ0) is 14.5. The van der Waals surface area contributed by atoms with Gasteiger partial charge in [0.1, 0.15) is 0 Å². The van der Waals surface area contributed by atoms with Crippen LogP contribution in [0.3, 0.4) is 0 Å². The summed E-state index contributed by atoms with van der Waals surface area (Å²) in [5, 5.41) is 6.09. The van der Waals surface area contributed by atoms with Crippen LogP contribution in [-0.2, 0) is 0 Å². The number of hydrogen-bond donors (Lipinski definition) is 2. The number of carbonyl (C=O) groups is 1. The molecule has 0 radical (unpaired) electrons. The quantitative estimate of drug-likeness (QED) is 0.849. The second kappa shape index (κ2) is 6.78. The average molecular weight is 274 g/mol. The lowest BCUT2D eigenvalue weighted by atomic mass is 9.74. The summed E-state index contributed by atoms with van der Waals surface area (Å²) in [4.78, 5) is 12.1. The Morgan fingerprint density at radius 2 is 1.90 bits per heavy atom. The largest absolute Gasteiger partial charge is 0.335 e. The first-order chi connectivity index (χ1) is 9.56. The Kier molecular flexibility index (Phi) is 5.05. The molecule has 1 aliphatic carbocycles. The minimum absolute atomic E-state index is 0.0825. The molecule has 2 amide bonds. The van der Waals surface area contributed by atoms with E-state index in [-0.39, 0.29) is 6.03 Å². The number of rotatable bonds is 3. The molecule has 20 heavy (non-hydrogen) atoms. The number of anilines is 1. The molecule has 3 nitrogen and oxygen atoms in total. The third kappa shape index (κ3) is 3.99. The van der Waals surface area contributed by atoms with Gasteiger partial charge >= 0.3 is 6.03 Å². The highest BCUT2D eigenvalue weighted by Gasteiger charge is 2.31. The first kappa shape index (κ1) is 14.9. The Morgan fingerprint density at radius 3 is 2.55 bits per heavy atom. The molecule has 0 aliphatic heterocycles. The predicted molar refractivity (Wildman–Crippen MR) is 83.7 cm³/mol. The van der Waals surface area contributed by atoms with Crippen LogP contribution in [0.5, 0.6) is 0 Å². The molecule has 110 valence electrons. The standard InChI is InChI=1S/C17H26N2O/c1-12(2)15-10-9-13(3)11-16(15)19-17(20)18-14-7-5-4-6-8-14/h4-8,12-13,15-16H,9-11H2,1-3H3,(H2,18,19,20). The maximum absolute atomic E-state index is 12.1. The smallest absolute Gasteiger partial charge is 0.319 e. The lowest BCUT2D eigenvalue weighted by Crippen LogP contribution is -2.47. The zero-order valence-electron chi connectivity index (χ0n) is 12.7. The number of benzene rings is 1. The third-order valence-electron chi connectivity index (χ3n) is 4.37. The van der Waals surface area contributed by atoms with Crippen LogP contribution < -0.4 is 10.6 Å². The van der Waals surface area contributed by atoms with Crippen molar-refractivity contribution in [3.63, 3.8) is 0 Å². The average Bonchev–Trinajstić information content (AvgIpc) is 2.39. The first-order valence-corrected chi connectivity index (χ1v) is 7.69. The molecule has 1 aromatic rings. The van der Waals surface area contributed by atoms with E-state index >= 15 is 0 Å². The van der Waals surface area contributed by atoms with Crippen LogP contribution in [0.2, 0.25) is 0 Å². The molecule has 3 atom stereocenters. The molecule has 1 saturated carbocycles. The number of hydrogen-bond acceptors (Lipinski definition) is 1. The molecule has 0 aromatic heterocycles. The molecule has 2 rings (SSSR count).